The Hall–Kier alpha value is -3.28. The van der Waals surface area contributed by atoms with Crippen LogP contribution in [0.25, 0.3) is 11.3 Å². The molecule has 1 aromatic heterocycles. The van der Waals surface area contributed by atoms with Crippen LogP contribution in [0.2, 0.25) is 0 Å². The number of carbonyl (C=O) groups excluding carboxylic acids is 1. The van der Waals surface area contributed by atoms with Crippen molar-refractivity contribution in [2.45, 2.75) is 71.9 Å². The van der Waals surface area contributed by atoms with Crippen LogP contribution in [-0.2, 0) is 12.0 Å². The molecule has 3 aromatic rings. The summed E-state index contributed by atoms with van der Waals surface area (Å²) in [6, 6.07) is 14.9. The number of amides is 1. The zero-order valence-corrected chi connectivity index (χ0v) is 22.1. The van der Waals surface area contributed by atoms with Gasteiger partial charge >= 0.3 is 0 Å². The molecule has 0 N–H and O–H groups in total. The van der Waals surface area contributed by atoms with Gasteiger partial charge in [0.25, 0.3) is 5.91 Å². The van der Waals surface area contributed by atoms with E-state index in [1.807, 2.05) is 13.8 Å². The van der Waals surface area contributed by atoms with E-state index in [-0.39, 0.29) is 17.4 Å². The number of rotatable bonds is 6. The van der Waals surface area contributed by atoms with Crippen molar-refractivity contribution in [3.8, 4) is 11.3 Å². The molecule has 36 heavy (non-hydrogen) atoms. The minimum absolute atomic E-state index is 0.0602. The van der Waals surface area contributed by atoms with E-state index in [0.29, 0.717) is 29.3 Å². The summed E-state index contributed by atoms with van der Waals surface area (Å²) < 4.78 is 14.9. The molecule has 1 amide bonds. The summed E-state index contributed by atoms with van der Waals surface area (Å²) in [5.74, 6) is -0.0459. The lowest BCUT2D eigenvalue weighted by Gasteiger charge is -2.29. The lowest BCUT2D eigenvalue weighted by molar-refractivity contribution is 0.0690. The van der Waals surface area contributed by atoms with E-state index in [1.54, 1.807) is 29.3 Å². The topological polar surface area (TPSA) is 49.3 Å². The number of hydrogen-bond donors (Lipinski definition) is 0. The van der Waals surface area contributed by atoms with Crippen LogP contribution in [0.5, 0.6) is 0 Å². The van der Waals surface area contributed by atoms with Gasteiger partial charge in [0.05, 0.1) is 11.3 Å². The number of piperidine rings is 1. The zero-order chi connectivity index (χ0) is 25.9. The molecule has 2 aromatic carbocycles. The van der Waals surface area contributed by atoms with Gasteiger partial charge < -0.3 is 9.80 Å². The van der Waals surface area contributed by atoms with Gasteiger partial charge in [-0.05, 0) is 61.8 Å². The monoisotopic (exact) mass is 488 g/mol. The van der Waals surface area contributed by atoms with E-state index in [4.69, 9.17) is 4.98 Å². The first-order chi connectivity index (χ1) is 17.1. The van der Waals surface area contributed by atoms with Crippen molar-refractivity contribution in [2.75, 3.05) is 18.0 Å². The summed E-state index contributed by atoms with van der Waals surface area (Å²) in [7, 11) is 0. The maximum atomic E-state index is 14.9. The second kappa shape index (κ2) is 10.8. The Labute approximate surface area is 214 Å². The van der Waals surface area contributed by atoms with Crippen molar-refractivity contribution in [1.82, 2.24) is 14.9 Å². The Morgan fingerprint density at radius 2 is 1.69 bits per heavy atom. The fourth-order valence-electron chi connectivity index (χ4n) is 4.58. The highest BCUT2D eigenvalue weighted by molar-refractivity contribution is 6.00. The average molecular weight is 489 g/mol. The number of aromatic nitrogens is 2. The first-order valence-electron chi connectivity index (χ1n) is 12.9. The summed E-state index contributed by atoms with van der Waals surface area (Å²) in [6.45, 7) is 12.7. The minimum Gasteiger partial charge on any atom is -0.341 e. The second-order valence-electron chi connectivity index (χ2n) is 10.9. The molecule has 0 saturated carbocycles. The van der Waals surface area contributed by atoms with E-state index in [2.05, 4.69) is 54.9 Å². The van der Waals surface area contributed by atoms with E-state index >= 15 is 0 Å². The number of hydrogen-bond acceptors (Lipinski definition) is 4. The van der Waals surface area contributed by atoms with Crippen molar-refractivity contribution in [1.29, 1.82) is 0 Å². The molecule has 0 aliphatic carbocycles. The third-order valence-electron chi connectivity index (χ3n) is 6.83. The average Bonchev–Trinajstić information content (AvgIpc) is 2.87. The SMILES string of the molecule is CC(C)N(Cc1ccc(C(C)(C)C)cc1)C(=O)c1cnc(N2CCCCC2)nc1-c1ccccc1F. The first kappa shape index (κ1) is 25.8. The molecule has 190 valence electrons. The Balaban J connectivity index is 1.70. The van der Waals surface area contributed by atoms with Gasteiger partial charge in [-0.25, -0.2) is 14.4 Å². The summed E-state index contributed by atoms with van der Waals surface area (Å²) in [4.78, 5) is 27.2. The Morgan fingerprint density at radius 1 is 1.03 bits per heavy atom. The highest BCUT2D eigenvalue weighted by atomic mass is 19.1. The van der Waals surface area contributed by atoms with E-state index in [0.717, 1.165) is 31.5 Å². The molecule has 0 spiro atoms. The van der Waals surface area contributed by atoms with Crippen LogP contribution in [0.15, 0.2) is 54.7 Å². The quantitative estimate of drug-likeness (QED) is 0.391. The second-order valence-corrected chi connectivity index (χ2v) is 10.9. The predicted octanol–water partition coefficient (Wildman–Crippen LogP) is 6.62. The summed E-state index contributed by atoms with van der Waals surface area (Å²) >= 11 is 0. The molecule has 4 rings (SSSR count). The molecule has 0 unspecified atom stereocenters. The fourth-order valence-corrected chi connectivity index (χ4v) is 4.58. The van der Waals surface area contributed by atoms with Crippen molar-refractivity contribution in [3.63, 3.8) is 0 Å². The van der Waals surface area contributed by atoms with Gasteiger partial charge in [-0.2, -0.15) is 0 Å². The highest BCUT2D eigenvalue weighted by Crippen LogP contribution is 2.29. The number of halogens is 1. The zero-order valence-electron chi connectivity index (χ0n) is 22.1. The van der Waals surface area contributed by atoms with Gasteiger partial charge in [0.15, 0.2) is 0 Å². The number of carbonyl (C=O) groups is 1. The molecule has 0 bridgehead atoms. The van der Waals surface area contributed by atoms with Gasteiger partial charge in [0.2, 0.25) is 5.95 Å². The molecular weight excluding hydrogens is 451 g/mol. The number of benzene rings is 2. The van der Waals surface area contributed by atoms with Crippen molar-refractivity contribution in [3.05, 3.63) is 77.2 Å². The third-order valence-corrected chi connectivity index (χ3v) is 6.83. The van der Waals surface area contributed by atoms with Gasteiger partial charge in [-0.3, -0.25) is 4.79 Å². The Bertz CT molecular complexity index is 1190. The summed E-state index contributed by atoms with van der Waals surface area (Å²) in [6.07, 6.45) is 4.93. The summed E-state index contributed by atoms with van der Waals surface area (Å²) in [5.41, 5.74) is 3.34. The van der Waals surface area contributed by atoms with Crippen LogP contribution >= 0.6 is 0 Å². The van der Waals surface area contributed by atoms with Crippen molar-refractivity contribution < 1.29 is 9.18 Å². The third kappa shape index (κ3) is 5.75. The predicted molar refractivity (Wildman–Crippen MR) is 144 cm³/mol. The first-order valence-corrected chi connectivity index (χ1v) is 12.9. The van der Waals surface area contributed by atoms with E-state index in [9.17, 15) is 9.18 Å². The van der Waals surface area contributed by atoms with Crippen LogP contribution in [-0.4, -0.2) is 39.9 Å². The summed E-state index contributed by atoms with van der Waals surface area (Å²) in [5, 5.41) is 0. The normalized spacial score (nSPS) is 14.2. The molecule has 0 radical (unpaired) electrons. The molecule has 0 atom stereocenters. The lowest BCUT2D eigenvalue weighted by Crippen LogP contribution is -2.37. The van der Waals surface area contributed by atoms with Crippen molar-refractivity contribution >= 4 is 11.9 Å². The van der Waals surface area contributed by atoms with Crippen LogP contribution in [0.3, 0.4) is 0 Å². The van der Waals surface area contributed by atoms with Crippen LogP contribution in [0, 0.1) is 5.82 Å². The maximum Gasteiger partial charge on any atom is 0.258 e. The molecule has 1 aliphatic heterocycles. The van der Waals surface area contributed by atoms with Crippen LogP contribution in [0.1, 0.15) is 75.4 Å². The Kier molecular flexibility index (Phi) is 7.72. The van der Waals surface area contributed by atoms with Gasteiger partial charge in [-0.15, -0.1) is 0 Å². The Morgan fingerprint density at radius 3 is 2.31 bits per heavy atom. The highest BCUT2D eigenvalue weighted by Gasteiger charge is 2.26. The molecular formula is C30H37FN4O. The smallest absolute Gasteiger partial charge is 0.258 e. The molecule has 1 fully saturated rings. The van der Waals surface area contributed by atoms with Gasteiger partial charge in [-0.1, -0.05) is 57.2 Å². The maximum absolute atomic E-state index is 14.9. The van der Waals surface area contributed by atoms with E-state index < -0.39 is 5.82 Å². The van der Waals surface area contributed by atoms with Crippen LogP contribution in [0.4, 0.5) is 10.3 Å². The molecule has 1 saturated heterocycles. The van der Waals surface area contributed by atoms with Gasteiger partial charge in [0.1, 0.15) is 5.82 Å². The van der Waals surface area contributed by atoms with Gasteiger partial charge in [0, 0.05) is 37.4 Å². The minimum atomic E-state index is -0.399. The molecule has 6 heteroatoms. The molecule has 2 heterocycles. The molecule has 5 nitrogen and oxygen atoms in total. The standard InChI is InChI=1S/C30H37FN4O/c1-21(2)35(20-22-13-15-23(16-14-22)30(3,4)5)28(36)25-19-32-29(34-17-9-6-10-18-34)33-27(25)24-11-7-8-12-26(24)31/h7-8,11-16,19,21H,6,9-10,17-18,20H2,1-5H3. The number of anilines is 1. The van der Waals surface area contributed by atoms with Crippen LogP contribution < -0.4 is 4.90 Å². The molecule has 1 aliphatic rings. The number of nitrogens with zero attached hydrogens (tertiary/aromatic N) is 4. The largest absolute Gasteiger partial charge is 0.341 e. The van der Waals surface area contributed by atoms with E-state index in [1.165, 1.54) is 18.1 Å². The van der Waals surface area contributed by atoms with Crippen molar-refractivity contribution in [2.24, 2.45) is 0 Å². The lowest BCUT2D eigenvalue weighted by atomic mass is 9.86. The fraction of sp³-hybridized carbons (Fsp3) is 0.433.